The molecule has 1 unspecified atom stereocenters. The minimum absolute atomic E-state index is 0.0979. The van der Waals surface area contributed by atoms with Gasteiger partial charge in [-0.25, -0.2) is 13.1 Å². The molecule has 8 heteroatoms. The molecule has 0 aliphatic heterocycles. The van der Waals surface area contributed by atoms with Gasteiger partial charge >= 0.3 is 0 Å². The van der Waals surface area contributed by atoms with Crippen molar-refractivity contribution in [3.8, 4) is 0 Å². The van der Waals surface area contributed by atoms with Crippen molar-refractivity contribution in [2.75, 3.05) is 26.1 Å². The Labute approximate surface area is 121 Å². The number of nitrogens with two attached hydrogens (primary N) is 1. The predicted octanol–water partition coefficient (Wildman–Crippen LogP) is 0.707. The Balaban J connectivity index is 2.96. The highest BCUT2D eigenvalue weighted by molar-refractivity contribution is 9.10. The van der Waals surface area contributed by atoms with E-state index in [-0.39, 0.29) is 24.5 Å². The summed E-state index contributed by atoms with van der Waals surface area (Å²) in [7, 11) is -2.22. The summed E-state index contributed by atoms with van der Waals surface area (Å²) in [6.45, 7) is 0.0613. The van der Waals surface area contributed by atoms with Crippen molar-refractivity contribution in [2.45, 2.75) is 17.4 Å². The average molecular weight is 353 g/mol. The van der Waals surface area contributed by atoms with Crippen LogP contribution in [0.15, 0.2) is 27.6 Å². The Morgan fingerprint density at radius 3 is 2.74 bits per heavy atom. The highest BCUT2D eigenvalue weighted by Crippen LogP contribution is 2.24. The van der Waals surface area contributed by atoms with Gasteiger partial charge < -0.3 is 15.6 Å². The molecule has 4 N–H and O–H groups in total. The molecular weight excluding hydrogens is 336 g/mol. The van der Waals surface area contributed by atoms with Crippen LogP contribution in [0.2, 0.25) is 0 Å². The Morgan fingerprint density at radius 2 is 2.21 bits per heavy atom. The highest BCUT2D eigenvalue weighted by atomic mass is 79.9. The highest BCUT2D eigenvalue weighted by Gasteiger charge is 2.22. The molecule has 0 amide bonds. The van der Waals surface area contributed by atoms with E-state index in [0.717, 1.165) is 0 Å². The van der Waals surface area contributed by atoms with E-state index in [1.54, 1.807) is 0 Å². The number of anilines is 1. The average Bonchev–Trinajstić information content (AvgIpc) is 2.28. The monoisotopic (exact) mass is 352 g/mol. The molecule has 0 aliphatic rings. The first-order valence-corrected chi connectivity index (χ1v) is 7.85. The Bertz CT molecular complexity index is 515. The number of halogens is 1. The van der Waals surface area contributed by atoms with Crippen molar-refractivity contribution < 1.29 is 18.3 Å². The summed E-state index contributed by atoms with van der Waals surface area (Å²) in [6, 6.07) is 3.97. The number of benzene rings is 1. The number of aliphatic hydroxyl groups excluding tert-OH is 1. The summed E-state index contributed by atoms with van der Waals surface area (Å²) in [6.07, 6.45) is 0.277. The van der Waals surface area contributed by atoms with Gasteiger partial charge in [0.05, 0.1) is 11.5 Å². The minimum Gasteiger partial charge on any atom is -0.399 e. The number of hydrogen-bond acceptors (Lipinski definition) is 5. The van der Waals surface area contributed by atoms with Crippen LogP contribution in [0.25, 0.3) is 0 Å². The van der Waals surface area contributed by atoms with Crippen LogP contribution in [-0.2, 0) is 14.8 Å². The molecule has 6 nitrogen and oxygen atoms in total. The van der Waals surface area contributed by atoms with Gasteiger partial charge in [0.2, 0.25) is 10.0 Å². The molecule has 0 radical (unpaired) electrons. The van der Waals surface area contributed by atoms with Crippen LogP contribution in [0.4, 0.5) is 5.69 Å². The largest absolute Gasteiger partial charge is 0.399 e. The third-order valence-corrected chi connectivity index (χ3v) is 4.91. The molecule has 0 saturated heterocycles. The molecular formula is C11H17BrN2O4S. The van der Waals surface area contributed by atoms with Gasteiger partial charge in [0.25, 0.3) is 0 Å². The third-order valence-electron chi connectivity index (χ3n) is 2.41. The molecule has 1 aromatic carbocycles. The van der Waals surface area contributed by atoms with E-state index >= 15 is 0 Å². The zero-order chi connectivity index (χ0) is 14.5. The van der Waals surface area contributed by atoms with E-state index in [1.807, 2.05) is 0 Å². The Hall–Kier alpha value is -0.670. The van der Waals surface area contributed by atoms with Crippen LogP contribution in [0.1, 0.15) is 6.42 Å². The van der Waals surface area contributed by atoms with Gasteiger partial charge in [-0.1, -0.05) is 0 Å². The Kier molecular flexibility index (Phi) is 6.21. The van der Waals surface area contributed by atoms with Gasteiger partial charge in [0.1, 0.15) is 0 Å². The molecule has 0 aliphatic carbocycles. The molecule has 0 saturated carbocycles. The molecule has 108 valence electrons. The first kappa shape index (κ1) is 16.4. The fourth-order valence-electron chi connectivity index (χ4n) is 1.55. The summed E-state index contributed by atoms with van der Waals surface area (Å²) in [5.41, 5.74) is 6.04. The maximum absolute atomic E-state index is 12.2. The van der Waals surface area contributed by atoms with E-state index in [0.29, 0.717) is 10.2 Å². The first-order chi connectivity index (χ1) is 8.90. The van der Waals surface area contributed by atoms with Crippen LogP contribution < -0.4 is 10.5 Å². The fourth-order valence-corrected chi connectivity index (χ4v) is 3.90. The number of ether oxygens (including phenoxy) is 1. The molecule has 0 spiro atoms. The maximum Gasteiger partial charge on any atom is 0.242 e. The lowest BCUT2D eigenvalue weighted by Crippen LogP contribution is -2.38. The first-order valence-electron chi connectivity index (χ1n) is 5.58. The summed E-state index contributed by atoms with van der Waals surface area (Å²) < 4.78 is 32.2. The van der Waals surface area contributed by atoms with Crippen molar-refractivity contribution in [1.29, 1.82) is 0 Å². The summed E-state index contributed by atoms with van der Waals surface area (Å²) in [4.78, 5) is 0.0979. The third kappa shape index (κ3) is 4.73. The number of nitrogens with one attached hydrogen (secondary N) is 1. The van der Waals surface area contributed by atoms with Crippen LogP contribution in [0.5, 0.6) is 0 Å². The number of aliphatic hydroxyl groups is 1. The lowest BCUT2D eigenvalue weighted by atomic mass is 10.2. The van der Waals surface area contributed by atoms with Crippen LogP contribution >= 0.6 is 15.9 Å². The number of nitrogen functional groups attached to an aromatic ring is 1. The molecule has 19 heavy (non-hydrogen) atoms. The quantitative estimate of drug-likeness (QED) is 0.627. The molecule has 0 fully saturated rings. The number of hydrogen-bond donors (Lipinski definition) is 3. The number of methoxy groups -OCH3 is 1. The van der Waals surface area contributed by atoms with Crippen molar-refractivity contribution in [2.24, 2.45) is 0 Å². The summed E-state index contributed by atoms with van der Waals surface area (Å²) in [5.74, 6) is 0. The minimum atomic E-state index is -3.69. The van der Waals surface area contributed by atoms with Gasteiger partial charge in [-0.05, 0) is 40.5 Å². The second-order valence-corrected chi connectivity index (χ2v) is 6.51. The summed E-state index contributed by atoms with van der Waals surface area (Å²) >= 11 is 3.17. The van der Waals surface area contributed by atoms with Crippen LogP contribution in [0.3, 0.4) is 0 Å². The second kappa shape index (κ2) is 7.20. The number of rotatable bonds is 7. The summed E-state index contributed by atoms with van der Waals surface area (Å²) in [5, 5.41) is 8.91. The standard InChI is InChI=1S/C11H17BrN2O4S/c1-18-7-9(4-5-15)14-19(16,17)11-3-2-8(13)6-10(11)12/h2-3,6,9,14-15H,4-5,7,13H2,1H3. The smallest absolute Gasteiger partial charge is 0.242 e. The van der Waals surface area contributed by atoms with Gasteiger partial charge in [0, 0.05) is 29.9 Å². The van der Waals surface area contributed by atoms with Gasteiger partial charge in [-0.15, -0.1) is 0 Å². The van der Waals surface area contributed by atoms with Crippen molar-refractivity contribution in [1.82, 2.24) is 4.72 Å². The molecule has 1 aromatic rings. The molecule has 0 aromatic heterocycles. The molecule has 0 heterocycles. The SMILES string of the molecule is COCC(CCO)NS(=O)(=O)c1ccc(N)cc1Br. The lowest BCUT2D eigenvalue weighted by molar-refractivity contribution is 0.158. The molecule has 0 bridgehead atoms. The zero-order valence-corrected chi connectivity index (χ0v) is 12.9. The van der Waals surface area contributed by atoms with E-state index in [2.05, 4.69) is 20.7 Å². The molecule has 1 atom stereocenters. The van der Waals surface area contributed by atoms with E-state index in [1.165, 1.54) is 25.3 Å². The Morgan fingerprint density at radius 1 is 1.53 bits per heavy atom. The van der Waals surface area contributed by atoms with Gasteiger partial charge in [0.15, 0.2) is 0 Å². The van der Waals surface area contributed by atoms with E-state index in [4.69, 9.17) is 15.6 Å². The number of sulfonamides is 1. The lowest BCUT2D eigenvalue weighted by Gasteiger charge is -2.17. The van der Waals surface area contributed by atoms with Gasteiger partial charge in [-0.2, -0.15) is 0 Å². The normalized spacial score (nSPS) is 13.4. The van der Waals surface area contributed by atoms with E-state index in [9.17, 15) is 8.42 Å². The van der Waals surface area contributed by atoms with Crippen LogP contribution in [0, 0.1) is 0 Å². The maximum atomic E-state index is 12.2. The second-order valence-electron chi connectivity index (χ2n) is 3.98. The predicted molar refractivity (Wildman–Crippen MR) is 76.2 cm³/mol. The topological polar surface area (TPSA) is 102 Å². The fraction of sp³-hybridized carbons (Fsp3) is 0.455. The van der Waals surface area contributed by atoms with E-state index < -0.39 is 16.1 Å². The van der Waals surface area contributed by atoms with Crippen molar-refractivity contribution >= 4 is 31.6 Å². The molecule has 1 rings (SSSR count). The van der Waals surface area contributed by atoms with Crippen LogP contribution in [-0.4, -0.2) is 39.9 Å². The van der Waals surface area contributed by atoms with Crippen molar-refractivity contribution in [3.05, 3.63) is 22.7 Å². The van der Waals surface area contributed by atoms with Gasteiger partial charge in [-0.3, -0.25) is 0 Å². The zero-order valence-electron chi connectivity index (χ0n) is 10.5. The van der Waals surface area contributed by atoms with Crippen molar-refractivity contribution in [3.63, 3.8) is 0 Å².